The van der Waals surface area contributed by atoms with E-state index in [-0.39, 0.29) is 11.6 Å². The number of nitrogens with zero attached hydrogens (tertiary/aromatic N) is 5. The smallest absolute Gasteiger partial charge is 0.278 e. The Kier molecular flexibility index (Phi) is 4.34. The quantitative estimate of drug-likeness (QED) is 0.686. The minimum atomic E-state index is -0.325. The topological polar surface area (TPSA) is 125 Å². The van der Waals surface area contributed by atoms with E-state index in [1.165, 1.54) is 18.0 Å². The van der Waals surface area contributed by atoms with Crippen LogP contribution < -0.4 is 16.0 Å². The maximum atomic E-state index is 12.3. The molecule has 0 amide bonds. The highest BCUT2D eigenvalue weighted by Crippen LogP contribution is 2.26. The lowest BCUT2D eigenvalue weighted by Gasteiger charge is -2.11. The molecule has 9 nitrogen and oxygen atoms in total. The second kappa shape index (κ2) is 6.59. The van der Waals surface area contributed by atoms with E-state index < -0.39 is 0 Å². The van der Waals surface area contributed by atoms with Crippen LogP contribution >= 0.6 is 0 Å². The van der Waals surface area contributed by atoms with E-state index in [0.717, 1.165) is 11.1 Å². The summed E-state index contributed by atoms with van der Waals surface area (Å²) in [5.41, 5.74) is 8.08. The average Bonchev–Trinajstić information content (AvgIpc) is 3.13. The molecular weight excluding hydrogens is 310 g/mol. The van der Waals surface area contributed by atoms with Crippen molar-refractivity contribution >= 4 is 0 Å². The Hall–Kier alpha value is -3.07. The number of ether oxygens (including phenoxy) is 1. The maximum absolute atomic E-state index is 12.3. The van der Waals surface area contributed by atoms with Crippen LogP contribution in [0.15, 0.2) is 35.3 Å². The van der Waals surface area contributed by atoms with E-state index in [9.17, 15) is 4.79 Å². The number of hydrogen-bond acceptors (Lipinski definition) is 7. The van der Waals surface area contributed by atoms with Gasteiger partial charge >= 0.3 is 0 Å². The molecule has 1 aromatic carbocycles. The van der Waals surface area contributed by atoms with Gasteiger partial charge in [0.05, 0.1) is 24.9 Å². The highest BCUT2D eigenvalue weighted by atomic mass is 16.5. The molecule has 0 aliphatic rings. The number of tetrazole rings is 1. The van der Waals surface area contributed by atoms with Crippen molar-refractivity contribution in [3.63, 3.8) is 0 Å². The van der Waals surface area contributed by atoms with E-state index in [1.54, 1.807) is 7.05 Å². The van der Waals surface area contributed by atoms with Crippen LogP contribution in [0.5, 0.6) is 5.75 Å². The number of rotatable bonds is 5. The van der Waals surface area contributed by atoms with Crippen LogP contribution in [0.1, 0.15) is 17.4 Å². The number of methoxy groups -OCH3 is 1. The molecule has 2 heterocycles. The first-order valence-corrected chi connectivity index (χ1v) is 7.29. The maximum Gasteiger partial charge on any atom is 0.278 e. The number of aromatic nitrogens is 6. The fourth-order valence-electron chi connectivity index (χ4n) is 2.43. The second-order valence-corrected chi connectivity index (χ2v) is 5.31. The molecule has 0 aliphatic carbocycles. The van der Waals surface area contributed by atoms with Crippen LogP contribution in [0.4, 0.5) is 0 Å². The normalized spacial score (nSPS) is 12.1. The minimum Gasteiger partial charge on any atom is -0.494 e. The monoisotopic (exact) mass is 327 g/mol. The molecule has 0 spiro atoms. The van der Waals surface area contributed by atoms with Gasteiger partial charge in [-0.05, 0) is 28.0 Å². The first-order chi connectivity index (χ1) is 11.6. The van der Waals surface area contributed by atoms with Gasteiger partial charge in [-0.15, -0.1) is 5.10 Å². The SMILES string of the molecule is COc1cnn(C)c(=O)c1-c1ccc(C[C@H](N)c2nnn[nH]2)cc1. The van der Waals surface area contributed by atoms with Crippen molar-refractivity contribution in [2.75, 3.05) is 7.11 Å². The summed E-state index contributed by atoms with van der Waals surface area (Å²) in [6, 6.07) is 7.23. The summed E-state index contributed by atoms with van der Waals surface area (Å²) in [7, 11) is 3.11. The van der Waals surface area contributed by atoms with Crippen molar-refractivity contribution in [1.82, 2.24) is 30.4 Å². The lowest BCUT2D eigenvalue weighted by atomic mass is 10.0. The van der Waals surface area contributed by atoms with E-state index in [4.69, 9.17) is 10.5 Å². The lowest BCUT2D eigenvalue weighted by molar-refractivity contribution is 0.410. The van der Waals surface area contributed by atoms with Crippen molar-refractivity contribution in [2.24, 2.45) is 12.8 Å². The Morgan fingerprint density at radius 2 is 2.08 bits per heavy atom. The van der Waals surface area contributed by atoms with Gasteiger partial charge in [-0.25, -0.2) is 9.78 Å². The zero-order valence-corrected chi connectivity index (χ0v) is 13.3. The molecule has 3 rings (SSSR count). The fourth-order valence-corrected chi connectivity index (χ4v) is 2.43. The molecule has 3 aromatic rings. The molecule has 0 saturated heterocycles. The number of hydrogen-bond donors (Lipinski definition) is 2. The Balaban J connectivity index is 1.88. The van der Waals surface area contributed by atoms with E-state index >= 15 is 0 Å². The molecule has 0 aliphatic heterocycles. The molecule has 1 atom stereocenters. The molecule has 2 aromatic heterocycles. The molecule has 24 heavy (non-hydrogen) atoms. The van der Waals surface area contributed by atoms with Crippen LogP contribution in [-0.2, 0) is 13.5 Å². The second-order valence-electron chi connectivity index (χ2n) is 5.31. The van der Waals surface area contributed by atoms with Crippen LogP contribution in [0.3, 0.4) is 0 Å². The molecule has 0 bridgehead atoms. The summed E-state index contributed by atoms with van der Waals surface area (Å²) in [5, 5.41) is 17.5. The highest BCUT2D eigenvalue weighted by Gasteiger charge is 2.14. The molecule has 0 fully saturated rings. The van der Waals surface area contributed by atoms with Crippen LogP contribution in [-0.4, -0.2) is 37.5 Å². The number of aryl methyl sites for hydroxylation is 1. The molecule has 3 N–H and O–H groups in total. The molecule has 0 radical (unpaired) electrons. The van der Waals surface area contributed by atoms with Crippen LogP contribution in [0.25, 0.3) is 11.1 Å². The van der Waals surface area contributed by atoms with Gasteiger partial charge in [-0.2, -0.15) is 5.10 Å². The average molecular weight is 327 g/mol. The summed E-state index contributed by atoms with van der Waals surface area (Å²) in [6.45, 7) is 0. The van der Waals surface area contributed by atoms with Gasteiger partial charge in [0.1, 0.15) is 0 Å². The van der Waals surface area contributed by atoms with Gasteiger partial charge in [-0.1, -0.05) is 24.3 Å². The van der Waals surface area contributed by atoms with E-state index in [0.29, 0.717) is 23.6 Å². The van der Waals surface area contributed by atoms with Gasteiger partial charge in [-0.3, -0.25) is 4.79 Å². The van der Waals surface area contributed by atoms with Crippen LogP contribution in [0.2, 0.25) is 0 Å². The number of nitrogens with one attached hydrogen (secondary N) is 1. The van der Waals surface area contributed by atoms with E-state index in [2.05, 4.69) is 25.7 Å². The van der Waals surface area contributed by atoms with Gasteiger partial charge in [0.25, 0.3) is 5.56 Å². The summed E-state index contributed by atoms with van der Waals surface area (Å²) in [5.74, 6) is 0.971. The van der Waals surface area contributed by atoms with Crippen molar-refractivity contribution in [3.05, 3.63) is 52.2 Å². The van der Waals surface area contributed by atoms with Gasteiger partial charge in [0.15, 0.2) is 11.6 Å². The van der Waals surface area contributed by atoms with Crippen molar-refractivity contribution < 1.29 is 4.74 Å². The molecule has 9 heteroatoms. The highest BCUT2D eigenvalue weighted by molar-refractivity contribution is 5.69. The number of H-pyrrole nitrogens is 1. The first kappa shape index (κ1) is 15.8. The van der Waals surface area contributed by atoms with Gasteiger partial charge < -0.3 is 10.5 Å². The zero-order chi connectivity index (χ0) is 17.1. The summed E-state index contributed by atoms with van der Waals surface area (Å²) in [6.07, 6.45) is 2.10. The third kappa shape index (κ3) is 3.01. The third-order valence-corrected chi connectivity index (χ3v) is 3.73. The van der Waals surface area contributed by atoms with Crippen molar-refractivity contribution in [3.8, 4) is 16.9 Å². The van der Waals surface area contributed by atoms with Crippen molar-refractivity contribution in [1.29, 1.82) is 0 Å². The minimum absolute atomic E-state index is 0.216. The predicted molar refractivity (Wildman–Crippen MR) is 86.3 cm³/mol. The molecule has 124 valence electrons. The number of benzene rings is 1. The first-order valence-electron chi connectivity index (χ1n) is 7.29. The Bertz CT molecular complexity index is 872. The predicted octanol–water partition coefficient (Wildman–Crippen LogP) is 0.211. The Morgan fingerprint density at radius 3 is 2.71 bits per heavy atom. The standard InChI is InChI=1S/C15H17N7O2/c1-22-15(23)13(12(24-2)8-17-22)10-5-3-9(4-6-10)7-11(16)14-18-20-21-19-14/h3-6,8,11H,7,16H2,1-2H3,(H,18,19,20,21)/t11-/m0/s1. The number of nitrogens with two attached hydrogens (primary N) is 1. The Labute approximate surface area is 137 Å². The Morgan fingerprint density at radius 1 is 1.33 bits per heavy atom. The van der Waals surface area contributed by atoms with Gasteiger partial charge in [0.2, 0.25) is 0 Å². The molecule has 0 unspecified atom stereocenters. The van der Waals surface area contributed by atoms with E-state index in [1.807, 2.05) is 24.3 Å². The lowest BCUT2D eigenvalue weighted by Crippen LogP contribution is -2.21. The molecule has 0 saturated carbocycles. The van der Waals surface area contributed by atoms with Crippen LogP contribution in [0, 0.1) is 0 Å². The zero-order valence-electron chi connectivity index (χ0n) is 13.3. The summed E-state index contributed by atoms with van der Waals surface area (Å²) < 4.78 is 6.53. The third-order valence-electron chi connectivity index (χ3n) is 3.73. The molecular formula is C15H17N7O2. The van der Waals surface area contributed by atoms with Crippen molar-refractivity contribution in [2.45, 2.75) is 12.5 Å². The van der Waals surface area contributed by atoms with Gasteiger partial charge in [0, 0.05) is 7.05 Å². The summed E-state index contributed by atoms with van der Waals surface area (Å²) in [4.78, 5) is 12.3. The fraction of sp³-hybridized carbons (Fsp3) is 0.267. The summed E-state index contributed by atoms with van der Waals surface area (Å²) >= 11 is 0. The largest absolute Gasteiger partial charge is 0.494 e. The number of aromatic amines is 1.